The van der Waals surface area contributed by atoms with Crippen molar-refractivity contribution in [3.05, 3.63) is 33.8 Å². The van der Waals surface area contributed by atoms with Crippen molar-refractivity contribution in [3.8, 4) is 0 Å². The second kappa shape index (κ2) is 6.31. The molecule has 0 bridgehead atoms. The predicted octanol–water partition coefficient (Wildman–Crippen LogP) is 3.96. The lowest BCUT2D eigenvalue weighted by Crippen LogP contribution is -2.39. The van der Waals surface area contributed by atoms with Gasteiger partial charge in [-0.05, 0) is 18.6 Å². The van der Waals surface area contributed by atoms with E-state index in [1.54, 1.807) is 13.0 Å². The Labute approximate surface area is 132 Å². The number of aliphatic hydroxyl groups is 1. The Hall–Kier alpha value is 0.190. The maximum atomic E-state index is 12.2. The topological polar surface area (TPSA) is 54.4 Å². The molecule has 7 heteroatoms. The Bertz CT molecular complexity index is 562. The van der Waals surface area contributed by atoms with Gasteiger partial charge in [-0.15, -0.1) is 0 Å². The van der Waals surface area contributed by atoms with Crippen LogP contribution in [0.15, 0.2) is 18.2 Å². The van der Waals surface area contributed by atoms with Crippen molar-refractivity contribution < 1.29 is 13.5 Å². The molecule has 19 heavy (non-hydrogen) atoms. The van der Waals surface area contributed by atoms with E-state index in [1.165, 1.54) is 19.1 Å². The molecule has 0 aliphatic carbocycles. The van der Waals surface area contributed by atoms with Gasteiger partial charge in [0.15, 0.2) is 13.5 Å². The number of aliphatic hydroxyl groups excluding tert-OH is 1. The molecule has 108 valence electrons. The Morgan fingerprint density at radius 1 is 1.37 bits per heavy atom. The number of sulfone groups is 1. The van der Waals surface area contributed by atoms with Crippen LogP contribution in [0, 0.1) is 0 Å². The number of hydrogen-bond acceptors (Lipinski definition) is 3. The molecule has 1 aromatic rings. The fourth-order valence-corrected chi connectivity index (χ4v) is 4.61. The minimum atomic E-state index is -3.51. The van der Waals surface area contributed by atoms with Gasteiger partial charge < -0.3 is 5.11 Å². The summed E-state index contributed by atoms with van der Waals surface area (Å²) in [6.07, 6.45) is -1.06. The maximum Gasteiger partial charge on any atom is 0.168 e. The van der Waals surface area contributed by atoms with Gasteiger partial charge in [-0.2, -0.15) is 0 Å². The minimum absolute atomic E-state index is 0.0750. The summed E-state index contributed by atoms with van der Waals surface area (Å²) >= 11 is 15.0. The van der Waals surface area contributed by atoms with Crippen LogP contribution < -0.4 is 0 Å². The molecular formula is C12H15BrCl2O3S. The molecule has 0 aromatic heterocycles. The van der Waals surface area contributed by atoms with Crippen LogP contribution in [0.5, 0.6) is 0 Å². The second-order valence-corrected chi connectivity index (χ2v) is 9.43. The van der Waals surface area contributed by atoms with E-state index in [4.69, 9.17) is 23.2 Å². The second-order valence-electron chi connectivity index (χ2n) is 4.11. The molecule has 0 saturated heterocycles. The van der Waals surface area contributed by atoms with Crippen LogP contribution in [0.2, 0.25) is 10.0 Å². The average Bonchev–Trinajstić information content (AvgIpc) is 2.36. The van der Waals surface area contributed by atoms with E-state index >= 15 is 0 Å². The van der Waals surface area contributed by atoms with E-state index in [1.807, 2.05) is 0 Å². The van der Waals surface area contributed by atoms with E-state index in [0.29, 0.717) is 10.6 Å². The fraction of sp³-hybridized carbons (Fsp3) is 0.500. The molecule has 0 fully saturated rings. The molecule has 1 rings (SSSR count). The summed E-state index contributed by atoms with van der Waals surface area (Å²) in [5.74, 6) is -0.0750. The number of alkyl halides is 1. The summed E-state index contributed by atoms with van der Waals surface area (Å²) in [7, 11) is -3.51. The lowest BCUT2D eigenvalue weighted by molar-refractivity contribution is 0.160. The van der Waals surface area contributed by atoms with Crippen LogP contribution in [0.25, 0.3) is 0 Å². The molecule has 0 amide bonds. The lowest BCUT2D eigenvalue weighted by Gasteiger charge is -2.31. The normalized spacial score (nSPS) is 16.9. The molecule has 2 atom stereocenters. The fourth-order valence-electron chi connectivity index (χ4n) is 1.78. The van der Waals surface area contributed by atoms with E-state index in [2.05, 4.69) is 15.9 Å². The third kappa shape index (κ3) is 3.27. The number of halogens is 3. The number of benzene rings is 1. The zero-order valence-corrected chi connectivity index (χ0v) is 14.4. The van der Waals surface area contributed by atoms with Crippen LogP contribution in [0.3, 0.4) is 0 Å². The molecule has 0 saturated carbocycles. The van der Waals surface area contributed by atoms with Crippen molar-refractivity contribution >= 4 is 49.0 Å². The molecule has 0 aliphatic heterocycles. The monoisotopic (exact) mass is 388 g/mol. The van der Waals surface area contributed by atoms with Gasteiger partial charge in [-0.3, -0.25) is 0 Å². The molecule has 0 aliphatic rings. The van der Waals surface area contributed by atoms with Gasteiger partial charge in [0.2, 0.25) is 0 Å². The van der Waals surface area contributed by atoms with E-state index in [-0.39, 0.29) is 17.2 Å². The van der Waals surface area contributed by atoms with E-state index in [0.717, 1.165) is 0 Å². The zero-order chi connectivity index (χ0) is 14.8. The van der Waals surface area contributed by atoms with Gasteiger partial charge in [0, 0.05) is 21.4 Å². The van der Waals surface area contributed by atoms with Crippen molar-refractivity contribution in [2.45, 2.75) is 30.0 Å². The highest BCUT2D eigenvalue weighted by Gasteiger charge is 2.46. The molecule has 1 N–H and O–H groups in total. The largest absolute Gasteiger partial charge is 0.386 e. The number of rotatable bonds is 5. The summed E-state index contributed by atoms with van der Waals surface area (Å²) < 4.78 is 22.9. The molecule has 3 nitrogen and oxygen atoms in total. The van der Waals surface area contributed by atoms with Crippen molar-refractivity contribution in [2.75, 3.05) is 5.75 Å². The van der Waals surface area contributed by atoms with Crippen LogP contribution in [-0.4, -0.2) is 22.9 Å². The summed E-state index contributed by atoms with van der Waals surface area (Å²) in [4.78, 5) is 0. The standard InChI is InChI=1S/C12H15BrCl2O3S/c1-3-12(13,19(17,18)4-2)11(16)9-6-5-8(14)7-10(9)15/h5-7,11,16H,3-4H2,1-2H3/t11-,12-/m0/s1. The predicted molar refractivity (Wildman–Crippen MR) is 82.8 cm³/mol. The van der Waals surface area contributed by atoms with Gasteiger partial charge in [0.1, 0.15) is 6.10 Å². The Balaban J connectivity index is 3.34. The van der Waals surface area contributed by atoms with E-state index in [9.17, 15) is 13.5 Å². The van der Waals surface area contributed by atoms with Crippen LogP contribution in [-0.2, 0) is 9.84 Å². The zero-order valence-electron chi connectivity index (χ0n) is 10.5. The third-order valence-electron chi connectivity index (χ3n) is 3.04. The first-order chi connectivity index (χ1) is 8.69. The van der Waals surface area contributed by atoms with Crippen LogP contribution >= 0.6 is 39.1 Å². The Kier molecular flexibility index (Phi) is 5.72. The van der Waals surface area contributed by atoms with Crippen molar-refractivity contribution in [1.29, 1.82) is 0 Å². The highest BCUT2D eigenvalue weighted by Crippen LogP contribution is 2.44. The summed E-state index contributed by atoms with van der Waals surface area (Å²) in [5.41, 5.74) is 0.335. The van der Waals surface area contributed by atoms with Gasteiger partial charge >= 0.3 is 0 Å². The summed E-state index contributed by atoms with van der Waals surface area (Å²) in [6.45, 7) is 3.23. The van der Waals surface area contributed by atoms with E-state index < -0.39 is 19.6 Å². The first-order valence-electron chi connectivity index (χ1n) is 5.73. The highest BCUT2D eigenvalue weighted by atomic mass is 79.9. The van der Waals surface area contributed by atoms with Gasteiger partial charge in [0.05, 0.1) is 0 Å². The van der Waals surface area contributed by atoms with Gasteiger partial charge in [0.25, 0.3) is 0 Å². The number of hydrogen-bond donors (Lipinski definition) is 1. The van der Waals surface area contributed by atoms with Gasteiger partial charge in [-0.1, -0.05) is 59.0 Å². The molecular weight excluding hydrogens is 375 g/mol. The minimum Gasteiger partial charge on any atom is -0.386 e. The molecule has 0 spiro atoms. The average molecular weight is 390 g/mol. The van der Waals surface area contributed by atoms with Crippen molar-refractivity contribution in [3.63, 3.8) is 0 Å². The third-order valence-corrected chi connectivity index (χ3v) is 8.39. The summed E-state index contributed by atoms with van der Waals surface area (Å²) in [6, 6.07) is 4.57. The van der Waals surface area contributed by atoms with Crippen molar-refractivity contribution in [1.82, 2.24) is 0 Å². The lowest BCUT2D eigenvalue weighted by atomic mass is 10.0. The molecule has 0 unspecified atom stereocenters. The highest BCUT2D eigenvalue weighted by molar-refractivity contribution is 9.11. The van der Waals surface area contributed by atoms with Crippen LogP contribution in [0.1, 0.15) is 31.9 Å². The first kappa shape index (κ1) is 17.2. The maximum absolute atomic E-state index is 12.2. The molecule has 0 heterocycles. The molecule has 0 radical (unpaired) electrons. The first-order valence-corrected chi connectivity index (χ1v) is 8.94. The Morgan fingerprint density at radius 3 is 2.37 bits per heavy atom. The van der Waals surface area contributed by atoms with Crippen LogP contribution in [0.4, 0.5) is 0 Å². The Morgan fingerprint density at radius 2 is 1.95 bits per heavy atom. The van der Waals surface area contributed by atoms with Crippen molar-refractivity contribution in [2.24, 2.45) is 0 Å². The SMILES string of the molecule is CC[C@@](Br)([C@@H](O)c1ccc(Cl)cc1Cl)S(=O)(=O)CC. The van der Waals surface area contributed by atoms with Gasteiger partial charge in [-0.25, -0.2) is 8.42 Å². The quantitative estimate of drug-likeness (QED) is 0.775. The smallest absolute Gasteiger partial charge is 0.168 e. The summed E-state index contributed by atoms with van der Waals surface area (Å²) in [5, 5.41) is 11.1. The molecule has 1 aromatic carbocycles.